The second-order valence-electron chi connectivity index (χ2n) is 3.00. The third-order valence-electron chi connectivity index (χ3n) is 2.09. The van der Waals surface area contributed by atoms with Gasteiger partial charge in [-0.15, -0.1) is 0 Å². The first-order chi connectivity index (χ1) is 6.66. The van der Waals surface area contributed by atoms with Crippen LogP contribution < -0.4 is 11.1 Å². The van der Waals surface area contributed by atoms with Crippen LogP contribution in [-0.4, -0.2) is 49.2 Å². The average Bonchev–Trinajstić information content (AvgIpc) is 2.18. The summed E-state index contributed by atoms with van der Waals surface area (Å²) in [6.45, 7) is 3.53. The Labute approximate surface area is 82.4 Å². The van der Waals surface area contributed by atoms with Gasteiger partial charge >= 0.3 is 12.0 Å². The molecule has 1 aliphatic heterocycles. The predicted molar refractivity (Wildman–Crippen MR) is 49.6 cm³/mol. The Hall–Kier alpha value is -1.30. The fourth-order valence-electron chi connectivity index (χ4n) is 1.42. The normalized spacial score (nSPS) is 21.8. The summed E-state index contributed by atoms with van der Waals surface area (Å²) < 4.78 is 4.83. The number of piperazine rings is 1. The molecule has 1 rings (SSSR count). The molecule has 0 aromatic heterocycles. The van der Waals surface area contributed by atoms with Crippen LogP contribution in [0.4, 0.5) is 4.79 Å². The Kier molecular flexibility index (Phi) is 3.70. The highest BCUT2D eigenvalue weighted by Crippen LogP contribution is 2.04. The maximum atomic E-state index is 11.4. The zero-order valence-electron chi connectivity index (χ0n) is 8.16. The Balaban J connectivity index is 2.62. The lowest BCUT2D eigenvalue weighted by Gasteiger charge is -2.32. The fourth-order valence-corrected chi connectivity index (χ4v) is 1.42. The smallest absolute Gasteiger partial charge is 0.330 e. The molecule has 1 fully saturated rings. The lowest BCUT2D eigenvalue weighted by molar-refractivity contribution is -0.148. The number of nitrogens with two attached hydrogens (primary N) is 1. The first-order valence-corrected chi connectivity index (χ1v) is 4.60. The van der Waals surface area contributed by atoms with Crippen LogP contribution in [-0.2, 0) is 9.53 Å². The molecule has 1 aliphatic rings. The van der Waals surface area contributed by atoms with E-state index in [0.717, 1.165) is 0 Å². The molecule has 2 amide bonds. The highest BCUT2D eigenvalue weighted by Gasteiger charge is 2.31. The van der Waals surface area contributed by atoms with Crippen LogP contribution in [0.25, 0.3) is 0 Å². The van der Waals surface area contributed by atoms with E-state index in [1.54, 1.807) is 6.92 Å². The highest BCUT2D eigenvalue weighted by molar-refractivity contribution is 5.83. The van der Waals surface area contributed by atoms with Crippen LogP contribution in [0.15, 0.2) is 0 Å². The minimum absolute atomic E-state index is 0.307. The van der Waals surface area contributed by atoms with E-state index in [4.69, 9.17) is 10.5 Å². The van der Waals surface area contributed by atoms with Gasteiger partial charge in [-0.2, -0.15) is 0 Å². The molecule has 1 saturated heterocycles. The van der Waals surface area contributed by atoms with Crippen molar-refractivity contribution in [1.82, 2.24) is 10.2 Å². The van der Waals surface area contributed by atoms with Gasteiger partial charge in [0, 0.05) is 19.6 Å². The van der Waals surface area contributed by atoms with E-state index in [2.05, 4.69) is 5.32 Å². The molecule has 6 nitrogen and oxygen atoms in total. The summed E-state index contributed by atoms with van der Waals surface area (Å²) in [5.74, 6) is -0.404. The van der Waals surface area contributed by atoms with Crippen molar-refractivity contribution < 1.29 is 14.3 Å². The van der Waals surface area contributed by atoms with E-state index < -0.39 is 18.0 Å². The Morgan fingerprint density at radius 3 is 2.93 bits per heavy atom. The summed E-state index contributed by atoms with van der Waals surface area (Å²) in [7, 11) is 0. The number of nitrogens with one attached hydrogen (secondary N) is 1. The largest absolute Gasteiger partial charge is 0.464 e. The number of nitrogens with zero attached hydrogens (tertiary/aromatic N) is 1. The topological polar surface area (TPSA) is 84.7 Å². The predicted octanol–water partition coefficient (Wildman–Crippen LogP) is -1.10. The number of hydrogen-bond donors (Lipinski definition) is 2. The minimum atomic E-state index is -0.582. The quantitative estimate of drug-likeness (QED) is 0.555. The van der Waals surface area contributed by atoms with Gasteiger partial charge in [0.05, 0.1) is 6.61 Å². The molecule has 1 unspecified atom stereocenters. The third kappa shape index (κ3) is 2.35. The summed E-state index contributed by atoms with van der Waals surface area (Å²) in [4.78, 5) is 23.7. The van der Waals surface area contributed by atoms with Crippen LogP contribution in [0.1, 0.15) is 6.92 Å². The number of esters is 1. The molecule has 1 heterocycles. The molecule has 0 saturated carbocycles. The number of rotatable bonds is 2. The third-order valence-corrected chi connectivity index (χ3v) is 2.09. The van der Waals surface area contributed by atoms with Gasteiger partial charge in [0.2, 0.25) is 0 Å². The number of hydrogen-bond acceptors (Lipinski definition) is 4. The molecule has 1 atom stereocenters. The molecule has 0 bridgehead atoms. The SMILES string of the molecule is CCOC(=O)C1CNCCN1C(N)=O. The van der Waals surface area contributed by atoms with Crippen molar-refractivity contribution >= 4 is 12.0 Å². The molecule has 0 aromatic rings. The summed E-state index contributed by atoms with van der Waals surface area (Å²) in [5.41, 5.74) is 5.14. The Morgan fingerprint density at radius 2 is 2.36 bits per heavy atom. The maximum absolute atomic E-state index is 11.4. The fraction of sp³-hybridized carbons (Fsp3) is 0.750. The number of primary amides is 1. The zero-order valence-corrected chi connectivity index (χ0v) is 8.16. The molecule has 6 heteroatoms. The van der Waals surface area contributed by atoms with Crippen LogP contribution in [0.3, 0.4) is 0 Å². The summed E-state index contributed by atoms with van der Waals surface area (Å²) in [6, 6.07) is -1.16. The monoisotopic (exact) mass is 201 g/mol. The highest BCUT2D eigenvalue weighted by atomic mass is 16.5. The maximum Gasteiger partial charge on any atom is 0.330 e. The summed E-state index contributed by atoms with van der Waals surface area (Å²) in [5, 5.41) is 3.01. The molecular formula is C8H15N3O3. The van der Waals surface area contributed by atoms with Gasteiger partial charge in [0.15, 0.2) is 0 Å². The molecule has 0 radical (unpaired) electrons. The minimum Gasteiger partial charge on any atom is -0.464 e. The van der Waals surface area contributed by atoms with Crippen molar-refractivity contribution in [1.29, 1.82) is 0 Å². The summed E-state index contributed by atoms with van der Waals surface area (Å²) in [6.07, 6.45) is 0. The second-order valence-corrected chi connectivity index (χ2v) is 3.00. The van der Waals surface area contributed by atoms with Crippen LogP contribution >= 0.6 is 0 Å². The lowest BCUT2D eigenvalue weighted by atomic mass is 10.2. The average molecular weight is 201 g/mol. The zero-order chi connectivity index (χ0) is 10.6. The van der Waals surface area contributed by atoms with E-state index >= 15 is 0 Å². The first-order valence-electron chi connectivity index (χ1n) is 4.60. The number of carbonyl (C=O) groups excluding carboxylic acids is 2. The van der Waals surface area contributed by atoms with E-state index in [-0.39, 0.29) is 0 Å². The van der Waals surface area contributed by atoms with Crippen LogP contribution in [0.5, 0.6) is 0 Å². The Bertz CT molecular complexity index is 232. The van der Waals surface area contributed by atoms with Gasteiger partial charge in [-0.05, 0) is 6.92 Å². The van der Waals surface area contributed by atoms with Gasteiger partial charge in [-0.25, -0.2) is 9.59 Å². The van der Waals surface area contributed by atoms with E-state index in [1.165, 1.54) is 4.90 Å². The van der Waals surface area contributed by atoms with Crippen molar-refractivity contribution in [2.75, 3.05) is 26.2 Å². The van der Waals surface area contributed by atoms with E-state index in [9.17, 15) is 9.59 Å². The van der Waals surface area contributed by atoms with Gasteiger partial charge < -0.3 is 20.7 Å². The van der Waals surface area contributed by atoms with Gasteiger partial charge in [-0.1, -0.05) is 0 Å². The lowest BCUT2D eigenvalue weighted by Crippen LogP contribution is -2.58. The molecule has 0 spiro atoms. The van der Waals surface area contributed by atoms with E-state index in [0.29, 0.717) is 26.2 Å². The number of urea groups is 1. The Morgan fingerprint density at radius 1 is 1.64 bits per heavy atom. The molecule has 80 valence electrons. The number of ether oxygens (including phenoxy) is 1. The van der Waals surface area contributed by atoms with Crippen molar-refractivity contribution in [3.8, 4) is 0 Å². The molecule has 0 aromatic carbocycles. The number of carbonyl (C=O) groups is 2. The molecular weight excluding hydrogens is 186 g/mol. The second kappa shape index (κ2) is 4.80. The standard InChI is InChI=1S/C8H15N3O3/c1-2-14-7(12)6-5-10-3-4-11(6)8(9)13/h6,10H,2-5H2,1H3,(H2,9,13). The number of amides is 2. The van der Waals surface area contributed by atoms with Crippen LogP contribution in [0.2, 0.25) is 0 Å². The van der Waals surface area contributed by atoms with Crippen molar-refractivity contribution in [3.63, 3.8) is 0 Å². The molecule has 14 heavy (non-hydrogen) atoms. The van der Waals surface area contributed by atoms with Crippen molar-refractivity contribution in [2.45, 2.75) is 13.0 Å². The van der Waals surface area contributed by atoms with Gasteiger partial charge in [0.1, 0.15) is 6.04 Å². The molecule has 0 aliphatic carbocycles. The first kappa shape index (κ1) is 10.8. The van der Waals surface area contributed by atoms with Gasteiger partial charge in [-0.3, -0.25) is 0 Å². The van der Waals surface area contributed by atoms with Crippen LogP contribution in [0, 0.1) is 0 Å². The van der Waals surface area contributed by atoms with Gasteiger partial charge in [0.25, 0.3) is 0 Å². The van der Waals surface area contributed by atoms with Crippen molar-refractivity contribution in [2.24, 2.45) is 5.73 Å². The molecule has 3 N–H and O–H groups in total. The van der Waals surface area contributed by atoms with Crippen molar-refractivity contribution in [3.05, 3.63) is 0 Å². The summed E-state index contributed by atoms with van der Waals surface area (Å²) >= 11 is 0. The van der Waals surface area contributed by atoms with E-state index in [1.807, 2.05) is 0 Å².